The zero-order chi connectivity index (χ0) is 20.4. The summed E-state index contributed by atoms with van der Waals surface area (Å²) in [6, 6.07) is 12.3. The average molecular weight is 455 g/mol. The first-order valence-corrected chi connectivity index (χ1v) is 10.8. The van der Waals surface area contributed by atoms with Crippen LogP contribution in [-0.2, 0) is 20.8 Å². The Balaban J connectivity index is 0.00000256. The Kier molecular flexibility index (Phi) is 7.59. The number of aliphatic imine (C=N–C) groups is 1. The molecule has 0 saturated carbocycles. The molecular formula is C19H19N4NaO4S2. The molecule has 4 rings (SSSR count). The molecule has 8 nitrogen and oxygen atoms in total. The number of amides is 2. The molecule has 152 valence electrons. The number of carboxylic acid groups (broad SMARTS) is 1. The van der Waals surface area contributed by atoms with Gasteiger partial charge in [0.1, 0.15) is 17.3 Å². The van der Waals surface area contributed by atoms with E-state index >= 15 is 0 Å². The zero-order valence-electron chi connectivity index (χ0n) is 15.1. The summed E-state index contributed by atoms with van der Waals surface area (Å²) in [4.78, 5) is 43.1. The number of carbonyl (C=O) groups is 3. The SMILES string of the molecule is O=C(Cc1cccs1)N[C@H]1C(=O)N2[C@H](C(=O)O)N=C(Nc3ccccc3)CS[C@@H]12.[NaH]. The number of nitrogens with one attached hydrogen (secondary N) is 2. The van der Waals surface area contributed by atoms with Crippen LogP contribution in [0.3, 0.4) is 0 Å². The Labute approximate surface area is 203 Å². The molecule has 1 aromatic heterocycles. The summed E-state index contributed by atoms with van der Waals surface area (Å²) in [7, 11) is 0. The molecule has 1 fully saturated rings. The molecule has 1 aromatic carbocycles. The van der Waals surface area contributed by atoms with Crippen molar-refractivity contribution < 1.29 is 19.5 Å². The van der Waals surface area contributed by atoms with Crippen molar-refractivity contribution in [1.82, 2.24) is 10.2 Å². The van der Waals surface area contributed by atoms with Crippen LogP contribution in [0.2, 0.25) is 0 Å². The number of hydrogen-bond donors (Lipinski definition) is 3. The molecule has 0 bridgehead atoms. The van der Waals surface area contributed by atoms with Crippen LogP contribution in [0, 0.1) is 0 Å². The number of thiophene rings is 1. The van der Waals surface area contributed by atoms with Crippen LogP contribution in [0.1, 0.15) is 4.88 Å². The van der Waals surface area contributed by atoms with Crippen molar-refractivity contribution in [3.05, 3.63) is 52.7 Å². The fourth-order valence-corrected chi connectivity index (χ4v) is 5.13. The number of anilines is 1. The van der Waals surface area contributed by atoms with Gasteiger partial charge in [0.25, 0.3) is 5.91 Å². The van der Waals surface area contributed by atoms with Gasteiger partial charge in [-0.25, -0.2) is 9.79 Å². The summed E-state index contributed by atoms with van der Waals surface area (Å²) in [5.41, 5.74) is 0.785. The van der Waals surface area contributed by atoms with Crippen LogP contribution >= 0.6 is 23.1 Å². The Morgan fingerprint density at radius 3 is 2.63 bits per heavy atom. The summed E-state index contributed by atoms with van der Waals surface area (Å²) >= 11 is 2.85. The van der Waals surface area contributed by atoms with Gasteiger partial charge in [0.15, 0.2) is 0 Å². The van der Waals surface area contributed by atoms with Crippen molar-refractivity contribution >= 4 is 82.0 Å². The van der Waals surface area contributed by atoms with Crippen molar-refractivity contribution in [3.63, 3.8) is 0 Å². The van der Waals surface area contributed by atoms with E-state index in [1.54, 1.807) is 0 Å². The molecule has 0 radical (unpaired) electrons. The van der Waals surface area contributed by atoms with E-state index in [9.17, 15) is 19.5 Å². The summed E-state index contributed by atoms with van der Waals surface area (Å²) in [5.74, 6) is -1.03. The van der Waals surface area contributed by atoms with Gasteiger partial charge in [-0.05, 0) is 23.6 Å². The van der Waals surface area contributed by atoms with E-state index in [4.69, 9.17) is 0 Å². The van der Waals surface area contributed by atoms with Gasteiger partial charge in [-0.3, -0.25) is 14.5 Å². The molecule has 2 aliphatic heterocycles. The van der Waals surface area contributed by atoms with Crippen molar-refractivity contribution in [1.29, 1.82) is 0 Å². The number of hydrogen-bond acceptors (Lipinski definition) is 7. The van der Waals surface area contributed by atoms with Gasteiger partial charge in [0.2, 0.25) is 12.1 Å². The fourth-order valence-electron chi connectivity index (χ4n) is 3.19. The second-order valence-electron chi connectivity index (χ2n) is 6.53. The van der Waals surface area contributed by atoms with Gasteiger partial charge in [-0.1, -0.05) is 24.3 Å². The van der Waals surface area contributed by atoms with Crippen molar-refractivity contribution in [3.8, 4) is 0 Å². The second-order valence-corrected chi connectivity index (χ2v) is 8.66. The number of carbonyl (C=O) groups excluding carboxylic acids is 2. The zero-order valence-corrected chi connectivity index (χ0v) is 16.8. The molecule has 0 spiro atoms. The minimum absolute atomic E-state index is 0. The Morgan fingerprint density at radius 1 is 1.20 bits per heavy atom. The van der Waals surface area contributed by atoms with Crippen LogP contribution in [0.15, 0.2) is 52.8 Å². The molecule has 11 heteroatoms. The molecule has 0 aliphatic carbocycles. The van der Waals surface area contributed by atoms with Crippen molar-refractivity contribution in [2.45, 2.75) is 24.0 Å². The number of amidine groups is 1. The quantitative estimate of drug-likeness (QED) is 0.459. The van der Waals surface area contributed by atoms with Crippen LogP contribution in [0.25, 0.3) is 0 Å². The molecule has 2 aliphatic rings. The van der Waals surface area contributed by atoms with E-state index in [0.717, 1.165) is 10.6 Å². The van der Waals surface area contributed by atoms with Crippen LogP contribution < -0.4 is 10.6 Å². The third kappa shape index (κ3) is 4.89. The van der Waals surface area contributed by atoms with Crippen LogP contribution in [-0.4, -0.2) is 86.5 Å². The summed E-state index contributed by atoms with van der Waals surface area (Å²) < 4.78 is 0. The molecule has 3 atom stereocenters. The van der Waals surface area contributed by atoms with Crippen LogP contribution in [0.4, 0.5) is 5.69 Å². The molecule has 30 heavy (non-hydrogen) atoms. The first-order chi connectivity index (χ1) is 14.0. The van der Waals surface area contributed by atoms with Gasteiger partial charge in [-0.2, -0.15) is 0 Å². The minimum atomic E-state index is -1.32. The number of aliphatic carboxylic acids is 1. The number of carboxylic acids is 1. The van der Waals surface area contributed by atoms with Crippen LogP contribution in [0.5, 0.6) is 0 Å². The number of thioether (sulfide) groups is 1. The third-order valence-electron chi connectivity index (χ3n) is 4.53. The molecule has 3 N–H and O–H groups in total. The molecule has 2 amide bonds. The number of benzene rings is 1. The number of fused-ring (bicyclic) bond motifs is 1. The summed E-state index contributed by atoms with van der Waals surface area (Å²) in [5, 5.41) is 16.9. The monoisotopic (exact) mass is 454 g/mol. The molecule has 3 heterocycles. The maximum absolute atomic E-state index is 12.6. The van der Waals surface area contributed by atoms with Gasteiger partial charge in [-0.15, -0.1) is 23.1 Å². The average Bonchev–Trinajstić information content (AvgIpc) is 3.14. The number of nitrogens with zero attached hydrogens (tertiary/aromatic N) is 2. The van der Waals surface area contributed by atoms with E-state index in [2.05, 4.69) is 15.6 Å². The first-order valence-electron chi connectivity index (χ1n) is 8.90. The predicted octanol–water partition coefficient (Wildman–Crippen LogP) is 0.963. The fraction of sp³-hybridized carbons (Fsp3) is 0.263. The molecular weight excluding hydrogens is 435 g/mol. The summed E-state index contributed by atoms with van der Waals surface area (Å²) in [6.07, 6.45) is -1.13. The number of para-hydroxylation sites is 1. The normalized spacial score (nSPS) is 22.5. The second kappa shape index (κ2) is 9.97. The van der Waals surface area contributed by atoms with E-state index in [0.29, 0.717) is 11.6 Å². The van der Waals surface area contributed by atoms with Gasteiger partial charge < -0.3 is 15.7 Å². The van der Waals surface area contributed by atoms with Gasteiger partial charge in [0.05, 0.1) is 12.2 Å². The first kappa shape index (κ1) is 22.8. The Hall–Kier alpha value is -1.85. The van der Waals surface area contributed by atoms with Gasteiger partial charge >= 0.3 is 35.5 Å². The predicted molar refractivity (Wildman–Crippen MR) is 119 cm³/mol. The Bertz CT molecular complexity index is 955. The van der Waals surface area contributed by atoms with E-state index in [-0.39, 0.29) is 41.9 Å². The van der Waals surface area contributed by atoms with E-state index in [1.807, 2.05) is 47.8 Å². The third-order valence-corrected chi connectivity index (χ3v) is 6.68. The number of β-lactam (4-membered cyclic amide) rings is 1. The molecule has 1 saturated heterocycles. The van der Waals surface area contributed by atoms with Gasteiger partial charge in [0, 0.05) is 10.6 Å². The molecule has 0 unspecified atom stereocenters. The molecule has 2 aromatic rings. The number of rotatable bonds is 5. The maximum atomic E-state index is 12.6. The summed E-state index contributed by atoms with van der Waals surface area (Å²) in [6.45, 7) is 0. The standard InChI is InChI=1S/C19H18N4O4S2.Na.H/c24-14(9-12-7-4-8-28-12)22-15-17(25)23-16(19(26)27)21-13(10-29-18(15)23)20-11-5-2-1-3-6-11;;/h1-8,15-16,18H,9-10H2,(H,20,21)(H,22,24)(H,26,27);;/t15-,16+,18-;;/m0../s1. The topological polar surface area (TPSA) is 111 Å². The van der Waals surface area contributed by atoms with Crippen molar-refractivity contribution in [2.24, 2.45) is 4.99 Å². The van der Waals surface area contributed by atoms with Crippen molar-refractivity contribution in [2.75, 3.05) is 11.1 Å². The van der Waals surface area contributed by atoms with E-state index in [1.165, 1.54) is 28.0 Å². The van der Waals surface area contributed by atoms with E-state index < -0.39 is 29.5 Å². The Morgan fingerprint density at radius 2 is 1.97 bits per heavy atom.